The summed E-state index contributed by atoms with van der Waals surface area (Å²) in [4.78, 5) is 19.8. The van der Waals surface area contributed by atoms with E-state index in [2.05, 4.69) is 36.5 Å². The van der Waals surface area contributed by atoms with Gasteiger partial charge in [-0.3, -0.25) is 9.69 Å². The smallest absolute Gasteiger partial charge is 0.257 e. The summed E-state index contributed by atoms with van der Waals surface area (Å²) < 4.78 is 0. The fourth-order valence-corrected chi connectivity index (χ4v) is 6.65. The first-order valence-corrected chi connectivity index (χ1v) is 13.9. The summed E-state index contributed by atoms with van der Waals surface area (Å²) in [5.74, 6) is 1.82. The van der Waals surface area contributed by atoms with Crippen LogP contribution in [-0.2, 0) is 4.79 Å². The van der Waals surface area contributed by atoms with E-state index in [-0.39, 0.29) is 5.91 Å². The van der Waals surface area contributed by atoms with E-state index in [4.69, 9.17) is 10.7 Å². The molecule has 2 fully saturated rings. The molecule has 3 aliphatic carbocycles. The Kier molecular flexibility index (Phi) is 8.68. The number of nitrogens with one attached hydrogen (secondary N) is 1. The predicted molar refractivity (Wildman–Crippen MR) is 142 cm³/mol. The molecule has 3 N–H and O–H groups in total. The molecule has 188 valence electrons. The van der Waals surface area contributed by atoms with Crippen molar-refractivity contribution in [3.63, 3.8) is 0 Å². The Morgan fingerprint density at radius 1 is 1.06 bits per heavy atom. The number of hydrogen-bond acceptors (Lipinski definition) is 4. The van der Waals surface area contributed by atoms with Gasteiger partial charge in [0.05, 0.1) is 0 Å². The van der Waals surface area contributed by atoms with Gasteiger partial charge in [-0.2, -0.15) is 0 Å². The fourth-order valence-electron chi connectivity index (χ4n) is 6.65. The van der Waals surface area contributed by atoms with Crippen molar-refractivity contribution in [3.8, 4) is 0 Å². The van der Waals surface area contributed by atoms with Gasteiger partial charge in [-0.05, 0) is 56.8 Å². The van der Waals surface area contributed by atoms with Crippen LogP contribution in [0.4, 0.5) is 0 Å². The van der Waals surface area contributed by atoms with Crippen LogP contribution in [0.2, 0.25) is 0 Å². The Morgan fingerprint density at radius 3 is 2.50 bits per heavy atom. The first kappa shape index (κ1) is 25.2. The molecular formula is C29H46N4O. The second-order valence-corrected chi connectivity index (χ2v) is 11.3. The Balaban J connectivity index is 1.35. The molecule has 1 unspecified atom stereocenters. The summed E-state index contributed by atoms with van der Waals surface area (Å²) in [6.45, 7) is 3.20. The Labute approximate surface area is 207 Å². The van der Waals surface area contributed by atoms with Gasteiger partial charge in [-0.15, -0.1) is 0 Å². The van der Waals surface area contributed by atoms with Crippen LogP contribution < -0.4 is 11.1 Å². The number of aliphatic imine (C=N–C) groups is 1. The normalized spacial score (nSPS) is 30.7. The molecule has 0 spiro atoms. The monoisotopic (exact) mass is 466 g/mol. The molecule has 0 bridgehead atoms. The zero-order valence-corrected chi connectivity index (χ0v) is 21.5. The van der Waals surface area contributed by atoms with Gasteiger partial charge in [0.15, 0.2) is 5.96 Å². The van der Waals surface area contributed by atoms with E-state index < -0.39 is 5.54 Å². The lowest BCUT2D eigenvalue weighted by Gasteiger charge is -2.36. The molecule has 5 nitrogen and oxygen atoms in total. The molecule has 4 rings (SSSR count). The van der Waals surface area contributed by atoms with Crippen molar-refractivity contribution in [1.82, 2.24) is 10.2 Å². The Hall–Kier alpha value is -1.88. The minimum Gasteiger partial charge on any atom is -0.369 e. The molecule has 1 aliphatic heterocycles. The number of allylic oxidation sites excluding steroid dienone is 5. The van der Waals surface area contributed by atoms with Crippen LogP contribution in [0.15, 0.2) is 40.4 Å². The number of likely N-dealkylation sites (N-methyl/N-ethyl adjacent to an activating group) is 1. The van der Waals surface area contributed by atoms with Crippen LogP contribution in [-0.4, -0.2) is 41.9 Å². The molecule has 0 aromatic carbocycles. The molecular weight excluding hydrogens is 420 g/mol. The van der Waals surface area contributed by atoms with Crippen LogP contribution in [0.1, 0.15) is 96.8 Å². The lowest BCUT2D eigenvalue weighted by Crippen LogP contribution is -2.45. The average Bonchev–Trinajstić information content (AvgIpc) is 3.02. The van der Waals surface area contributed by atoms with Crippen LogP contribution in [0.25, 0.3) is 0 Å². The zero-order chi connectivity index (χ0) is 24.0. The highest BCUT2D eigenvalue weighted by Gasteiger charge is 2.47. The van der Waals surface area contributed by atoms with E-state index in [0.29, 0.717) is 17.9 Å². The first-order valence-electron chi connectivity index (χ1n) is 13.9. The third-order valence-electron chi connectivity index (χ3n) is 8.78. The summed E-state index contributed by atoms with van der Waals surface area (Å²) in [5, 5.41) is 3.86. The lowest BCUT2D eigenvalue weighted by molar-refractivity contribution is -0.131. The van der Waals surface area contributed by atoms with E-state index in [1.54, 1.807) is 11.9 Å². The Bertz CT molecular complexity index is 835. The van der Waals surface area contributed by atoms with Gasteiger partial charge in [0, 0.05) is 19.6 Å². The van der Waals surface area contributed by atoms with Crippen LogP contribution in [0, 0.1) is 11.8 Å². The standard InChI is InChI=1S/C29H46N4O/c1-3-22-10-7-8-13-25(18-22)21-31-26-15-9-14-24(19-26)20-29(27(34)33(2)28(30)32-29)17-16-23-11-5-4-6-12-23/h7-8,10,13,23-24,26,31H,3-6,9,11-12,14-21H2,1-2H3,(H2,30,32)/t24?,26-,29+/m0/s1. The zero-order valence-electron chi connectivity index (χ0n) is 21.5. The number of guanidine groups is 1. The van der Waals surface area contributed by atoms with Crippen molar-refractivity contribution in [1.29, 1.82) is 0 Å². The van der Waals surface area contributed by atoms with Crippen molar-refractivity contribution < 1.29 is 4.79 Å². The highest BCUT2D eigenvalue weighted by molar-refractivity contribution is 6.06. The molecule has 1 heterocycles. The maximum Gasteiger partial charge on any atom is 0.257 e. The van der Waals surface area contributed by atoms with Gasteiger partial charge in [0.1, 0.15) is 5.54 Å². The summed E-state index contributed by atoms with van der Waals surface area (Å²) >= 11 is 0. The average molecular weight is 467 g/mol. The molecule has 5 heteroatoms. The number of nitrogens with zero attached hydrogens (tertiary/aromatic N) is 2. The number of carbonyl (C=O) groups is 1. The molecule has 0 radical (unpaired) electrons. The molecule has 2 saturated carbocycles. The van der Waals surface area contributed by atoms with E-state index in [1.165, 1.54) is 62.5 Å². The van der Waals surface area contributed by atoms with Gasteiger partial charge >= 0.3 is 0 Å². The second kappa shape index (κ2) is 11.7. The van der Waals surface area contributed by atoms with E-state index >= 15 is 0 Å². The number of amides is 1. The van der Waals surface area contributed by atoms with Crippen LogP contribution in [0.3, 0.4) is 0 Å². The maximum absolute atomic E-state index is 13.4. The van der Waals surface area contributed by atoms with Crippen molar-refractivity contribution in [2.24, 2.45) is 22.6 Å². The molecule has 1 amide bonds. The van der Waals surface area contributed by atoms with Gasteiger partial charge in [-0.1, -0.05) is 87.3 Å². The molecule has 0 aromatic rings. The van der Waals surface area contributed by atoms with Crippen molar-refractivity contribution in [2.45, 2.75) is 108 Å². The van der Waals surface area contributed by atoms with Crippen LogP contribution >= 0.6 is 0 Å². The van der Waals surface area contributed by atoms with E-state index in [9.17, 15) is 4.79 Å². The molecule has 0 saturated heterocycles. The van der Waals surface area contributed by atoms with Gasteiger partial charge < -0.3 is 11.1 Å². The quantitative estimate of drug-likeness (QED) is 0.462. The SMILES string of the molecule is CCC1=CC=CC=C(CN[C@H]2CCCC(C[C@@]3(CCC4CCCCC4)N=C(N)N(C)C3=O)C2)C1. The highest BCUT2D eigenvalue weighted by Crippen LogP contribution is 2.40. The molecule has 3 atom stereocenters. The summed E-state index contributed by atoms with van der Waals surface area (Å²) in [6, 6.07) is 0.520. The largest absolute Gasteiger partial charge is 0.369 e. The predicted octanol–water partition coefficient (Wildman–Crippen LogP) is 5.63. The lowest BCUT2D eigenvalue weighted by atomic mass is 9.74. The number of nitrogens with two attached hydrogens (primary N) is 1. The van der Waals surface area contributed by atoms with Gasteiger partial charge in [-0.25, -0.2) is 4.99 Å². The van der Waals surface area contributed by atoms with E-state index in [0.717, 1.165) is 51.0 Å². The van der Waals surface area contributed by atoms with Crippen molar-refractivity contribution in [2.75, 3.05) is 13.6 Å². The molecule has 0 aromatic heterocycles. The second-order valence-electron chi connectivity index (χ2n) is 11.3. The number of rotatable bonds is 9. The highest BCUT2D eigenvalue weighted by atomic mass is 16.2. The minimum absolute atomic E-state index is 0.130. The van der Waals surface area contributed by atoms with Crippen molar-refractivity contribution in [3.05, 3.63) is 35.5 Å². The number of carbonyl (C=O) groups excluding carboxylic acids is 1. The van der Waals surface area contributed by atoms with Crippen LogP contribution in [0.5, 0.6) is 0 Å². The minimum atomic E-state index is -0.627. The van der Waals surface area contributed by atoms with Gasteiger partial charge in [0.25, 0.3) is 5.91 Å². The first-order chi connectivity index (χ1) is 16.5. The summed E-state index contributed by atoms with van der Waals surface area (Å²) in [7, 11) is 1.79. The van der Waals surface area contributed by atoms with E-state index in [1.807, 2.05) is 0 Å². The molecule has 34 heavy (non-hydrogen) atoms. The fraction of sp³-hybridized carbons (Fsp3) is 0.724. The topological polar surface area (TPSA) is 70.7 Å². The molecule has 4 aliphatic rings. The summed E-state index contributed by atoms with van der Waals surface area (Å²) in [6.07, 6.45) is 25.4. The summed E-state index contributed by atoms with van der Waals surface area (Å²) in [5.41, 5.74) is 8.52. The third-order valence-corrected chi connectivity index (χ3v) is 8.78. The Morgan fingerprint density at radius 2 is 1.79 bits per heavy atom. The van der Waals surface area contributed by atoms with Gasteiger partial charge in [0.2, 0.25) is 0 Å². The third kappa shape index (κ3) is 6.21. The number of hydrogen-bond donors (Lipinski definition) is 2. The van der Waals surface area contributed by atoms with Crippen molar-refractivity contribution >= 4 is 11.9 Å². The maximum atomic E-state index is 13.4.